The summed E-state index contributed by atoms with van der Waals surface area (Å²) in [6.07, 6.45) is -2.39. The molecule has 0 spiro atoms. The number of ether oxygens (including phenoxy) is 1. The molecule has 2 aromatic rings. The largest absolute Gasteiger partial charge is 0.573 e. The standard InChI is InChI=1S/C20H24F3N5O2/c1-24-19(28-9-7-27(8-10-28)13-14-6-11-29-26-14)25-17-12-16(17)15-4-2-3-5-18(15)30-20(21,22)23/h2-6,11,16-17H,7-10,12-13H2,1H3,(H,24,25). The number of rotatable bonds is 5. The zero-order valence-electron chi connectivity index (χ0n) is 16.6. The summed E-state index contributed by atoms with van der Waals surface area (Å²) in [6, 6.07) is 8.24. The number of hydrogen-bond donors (Lipinski definition) is 1. The van der Waals surface area contributed by atoms with Crippen LogP contribution in [0.4, 0.5) is 13.2 Å². The van der Waals surface area contributed by atoms with Gasteiger partial charge in [0.25, 0.3) is 0 Å². The van der Waals surface area contributed by atoms with Gasteiger partial charge in [0.2, 0.25) is 0 Å². The van der Waals surface area contributed by atoms with Crippen molar-refractivity contribution in [2.24, 2.45) is 4.99 Å². The number of aromatic nitrogens is 1. The van der Waals surface area contributed by atoms with E-state index < -0.39 is 6.36 Å². The number of aliphatic imine (C=N–C) groups is 1. The lowest BCUT2D eigenvalue weighted by Gasteiger charge is -2.36. The number of para-hydroxylation sites is 1. The first-order valence-corrected chi connectivity index (χ1v) is 9.87. The minimum atomic E-state index is -4.70. The van der Waals surface area contributed by atoms with Gasteiger partial charge >= 0.3 is 6.36 Å². The Morgan fingerprint density at radius 2 is 2.00 bits per heavy atom. The maximum Gasteiger partial charge on any atom is 0.573 e. The Labute approximate surface area is 172 Å². The van der Waals surface area contributed by atoms with Crippen LogP contribution in [0.5, 0.6) is 5.75 Å². The molecule has 1 N–H and O–H groups in total. The SMILES string of the molecule is CN=C(NC1CC1c1ccccc1OC(F)(F)F)N1CCN(Cc2ccon2)CC1. The van der Waals surface area contributed by atoms with Gasteiger partial charge in [-0.1, -0.05) is 23.4 Å². The number of hydrogen-bond acceptors (Lipinski definition) is 5. The van der Waals surface area contributed by atoms with E-state index in [-0.39, 0.29) is 17.7 Å². The fraction of sp³-hybridized carbons (Fsp3) is 0.500. The van der Waals surface area contributed by atoms with Gasteiger partial charge in [-0.2, -0.15) is 0 Å². The predicted molar refractivity (Wildman–Crippen MR) is 104 cm³/mol. The molecule has 2 unspecified atom stereocenters. The smallest absolute Gasteiger partial charge is 0.405 e. The molecule has 0 radical (unpaired) electrons. The van der Waals surface area contributed by atoms with Crippen LogP contribution in [-0.2, 0) is 6.54 Å². The van der Waals surface area contributed by atoms with Gasteiger partial charge in [0.15, 0.2) is 5.96 Å². The van der Waals surface area contributed by atoms with Crippen molar-refractivity contribution in [1.29, 1.82) is 0 Å². The first-order valence-electron chi connectivity index (χ1n) is 9.87. The van der Waals surface area contributed by atoms with Crippen LogP contribution < -0.4 is 10.1 Å². The Kier molecular flexibility index (Phi) is 5.85. The monoisotopic (exact) mass is 423 g/mol. The molecule has 2 atom stereocenters. The van der Waals surface area contributed by atoms with Gasteiger partial charge in [-0.15, -0.1) is 13.2 Å². The van der Waals surface area contributed by atoms with Gasteiger partial charge in [0, 0.05) is 57.8 Å². The van der Waals surface area contributed by atoms with Crippen molar-refractivity contribution in [3.05, 3.63) is 47.9 Å². The molecule has 4 rings (SSSR count). The number of nitrogens with zero attached hydrogens (tertiary/aromatic N) is 4. The van der Waals surface area contributed by atoms with E-state index in [0.717, 1.165) is 50.8 Å². The quantitative estimate of drug-likeness (QED) is 0.589. The van der Waals surface area contributed by atoms with Crippen molar-refractivity contribution in [2.45, 2.75) is 31.3 Å². The Morgan fingerprint density at radius 1 is 1.23 bits per heavy atom. The molecule has 7 nitrogen and oxygen atoms in total. The molecule has 1 saturated heterocycles. The van der Waals surface area contributed by atoms with Crippen LogP contribution >= 0.6 is 0 Å². The lowest BCUT2D eigenvalue weighted by Crippen LogP contribution is -2.52. The van der Waals surface area contributed by atoms with E-state index in [4.69, 9.17) is 4.52 Å². The Morgan fingerprint density at radius 3 is 2.67 bits per heavy atom. The third-order valence-corrected chi connectivity index (χ3v) is 5.41. The van der Waals surface area contributed by atoms with Crippen molar-refractivity contribution in [2.75, 3.05) is 33.2 Å². The summed E-state index contributed by atoms with van der Waals surface area (Å²) in [7, 11) is 1.72. The minimum Gasteiger partial charge on any atom is -0.405 e. The summed E-state index contributed by atoms with van der Waals surface area (Å²) in [4.78, 5) is 8.85. The molecule has 2 fully saturated rings. The van der Waals surface area contributed by atoms with E-state index in [1.807, 2.05) is 6.07 Å². The van der Waals surface area contributed by atoms with Crippen molar-refractivity contribution < 1.29 is 22.4 Å². The van der Waals surface area contributed by atoms with E-state index in [0.29, 0.717) is 5.56 Å². The van der Waals surface area contributed by atoms with Gasteiger partial charge in [0.1, 0.15) is 12.0 Å². The third kappa shape index (κ3) is 5.05. The Balaban J connectivity index is 1.31. The highest BCUT2D eigenvalue weighted by Gasteiger charge is 2.43. The van der Waals surface area contributed by atoms with E-state index in [1.165, 1.54) is 6.07 Å². The van der Waals surface area contributed by atoms with E-state index in [9.17, 15) is 13.2 Å². The molecule has 2 aliphatic rings. The second-order valence-corrected chi connectivity index (χ2v) is 7.48. The first-order chi connectivity index (χ1) is 14.4. The molecule has 1 aromatic heterocycles. The lowest BCUT2D eigenvalue weighted by molar-refractivity contribution is -0.274. The molecule has 2 heterocycles. The van der Waals surface area contributed by atoms with Gasteiger partial charge in [0.05, 0.1) is 5.69 Å². The van der Waals surface area contributed by atoms with Crippen LogP contribution in [0, 0.1) is 0 Å². The summed E-state index contributed by atoms with van der Waals surface area (Å²) < 4.78 is 47.1. The minimum absolute atomic E-state index is 0.0336. The van der Waals surface area contributed by atoms with Crippen LogP contribution in [0.3, 0.4) is 0 Å². The zero-order chi connectivity index (χ0) is 21.1. The molecule has 0 bridgehead atoms. The molecular weight excluding hydrogens is 399 g/mol. The zero-order valence-corrected chi connectivity index (χ0v) is 16.6. The normalized spacial score (nSPS) is 22.8. The molecule has 1 saturated carbocycles. The molecule has 162 valence electrons. The molecule has 1 aromatic carbocycles. The maximum atomic E-state index is 12.7. The van der Waals surface area contributed by atoms with E-state index in [1.54, 1.807) is 31.5 Å². The summed E-state index contributed by atoms with van der Waals surface area (Å²) >= 11 is 0. The molecule has 0 amide bonds. The fourth-order valence-corrected chi connectivity index (χ4v) is 3.83. The molecule has 1 aliphatic heterocycles. The highest BCUT2D eigenvalue weighted by Crippen LogP contribution is 2.45. The summed E-state index contributed by atoms with van der Waals surface area (Å²) in [5.74, 6) is 0.613. The Bertz CT molecular complexity index is 864. The molecule has 1 aliphatic carbocycles. The maximum absolute atomic E-state index is 12.7. The number of alkyl halides is 3. The lowest BCUT2D eigenvalue weighted by atomic mass is 10.1. The summed E-state index contributed by atoms with van der Waals surface area (Å²) in [5, 5.41) is 7.35. The Hall–Kier alpha value is -2.75. The summed E-state index contributed by atoms with van der Waals surface area (Å²) in [5.41, 5.74) is 1.48. The van der Waals surface area contributed by atoms with Crippen molar-refractivity contribution in [1.82, 2.24) is 20.3 Å². The van der Waals surface area contributed by atoms with E-state index in [2.05, 4.69) is 30.0 Å². The third-order valence-electron chi connectivity index (χ3n) is 5.41. The van der Waals surface area contributed by atoms with Crippen LogP contribution in [0.15, 0.2) is 46.1 Å². The second-order valence-electron chi connectivity index (χ2n) is 7.48. The van der Waals surface area contributed by atoms with Gasteiger partial charge in [-0.3, -0.25) is 9.89 Å². The molecule has 10 heteroatoms. The highest BCUT2D eigenvalue weighted by atomic mass is 19.4. The number of halogens is 3. The van der Waals surface area contributed by atoms with Crippen LogP contribution in [0.25, 0.3) is 0 Å². The number of benzene rings is 1. The summed E-state index contributed by atoms with van der Waals surface area (Å²) in [6.45, 7) is 4.09. The van der Waals surface area contributed by atoms with Crippen molar-refractivity contribution in [3.63, 3.8) is 0 Å². The van der Waals surface area contributed by atoms with Crippen LogP contribution in [0.2, 0.25) is 0 Å². The predicted octanol–water partition coefficient (Wildman–Crippen LogP) is 2.82. The topological polar surface area (TPSA) is 66.1 Å². The number of nitrogens with one attached hydrogen (secondary N) is 1. The van der Waals surface area contributed by atoms with Crippen molar-refractivity contribution in [3.8, 4) is 5.75 Å². The van der Waals surface area contributed by atoms with E-state index >= 15 is 0 Å². The fourth-order valence-electron chi connectivity index (χ4n) is 3.83. The molecule has 30 heavy (non-hydrogen) atoms. The van der Waals surface area contributed by atoms with Crippen LogP contribution in [0.1, 0.15) is 23.6 Å². The highest BCUT2D eigenvalue weighted by molar-refractivity contribution is 5.81. The van der Waals surface area contributed by atoms with Gasteiger partial charge in [-0.05, 0) is 18.1 Å². The van der Waals surface area contributed by atoms with Gasteiger partial charge in [-0.25, -0.2) is 0 Å². The van der Waals surface area contributed by atoms with Gasteiger partial charge < -0.3 is 19.5 Å². The average Bonchev–Trinajstić information content (AvgIpc) is 3.28. The van der Waals surface area contributed by atoms with Crippen molar-refractivity contribution >= 4 is 5.96 Å². The average molecular weight is 423 g/mol. The number of guanidine groups is 1. The first kappa shape index (κ1) is 20.5. The molecular formula is C20H24F3N5O2. The number of piperazine rings is 1. The second kappa shape index (κ2) is 8.55. The van der Waals surface area contributed by atoms with Crippen LogP contribution in [-0.4, -0.2) is 66.5 Å².